The molecule has 0 bridgehead atoms. The van der Waals surface area contributed by atoms with Gasteiger partial charge in [0.25, 0.3) is 5.56 Å². The molecule has 0 saturated carbocycles. The van der Waals surface area contributed by atoms with E-state index in [1.807, 2.05) is 28.5 Å². The highest BCUT2D eigenvalue weighted by Gasteiger charge is 2.28. The fraction of sp³-hybridized carbons (Fsp3) is 0.280. The summed E-state index contributed by atoms with van der Waals surface area (Å²) in [5.41, 5.74) is 2.34. The summed E-state index contributed by atoms with van der Waals surface area (Å²) in [6, 6.07) is 11.7. The second-order valence-corrected chi connectivity index (χ2v) is 9.34. The van der Waals surface area contributed by atoms with Gasteiger partial charge in [-0.25, -0.2) is 9.37 Å². The van der Waals surface area contributed by atoms with Crippen molar-refractivity contribution in [3.05, 3.63) is 87.5 Å². The smallest absolute Gasteiger partial charge is 0.273 e. The number of aromatic nitrogens is 3. The lowest BCUT2D eigenvalue weighted by Gasteiger charge is -2.34. The van der Waals surface area contributed by atoms with Crippen molar-refractivity contribution >= 4 is 33.4 Å². The second kappa shape index (κ2) is 9.72. The van der Waals surface area contributed by atoms with Gasteiger partial charge in [-0.3, -0.25) is 19.1 Å². The molecule has 1 N–H and O–H groups in total. The first-order valence-corrected chi connectivity index (χ1v) is 12.1. The van der Waals surface area contributed by atoms with Crippen molar-refractivity contribution in [2.75, 3.05) is 18.0 Å². The van der Waals surface area contributed by atoms with E-state index in [1.165, 1.54) is 23.5 Å². The number of hydrogen-bond donors (Lipinski definition) is 1. The zero-order chi connectivity index (χ0) is 23.5. The lowest BCUT2D eigenvalue weighted by Crippen LogP contribution is -2.45. The van der Waals surface area contributed by atoms with E-state index in [1.54, 1.807) is 29.1 Å². The molecular formula is C25H24FN5O2S. The van der Waals surface area contributed by atoms with Gasteiger partial charge in [0.2, 0.25) is 11.9 Å². The number of carbonyl (C=O) groups is 1. The van der Waals surface area contributed by atoms with E-state index in [9.17, 15) is 14.0 Å². The van der Waals surface area contributed by atoms with Gasteiger partial charge in [0.15, 0.2) is 0 Å². The average molecular weight is 478 g/mol. The van der Waals surface area contributed by atoms with Crippen LogP contribution in [0.15, 0.2) is 65.0 Å². The van der Waals surface area contributed by atoms with Crippen LogP contribution in [0.1, 0.15) is 24.0 Å². The number of nitrogens with one attached hydrogen (secondary N) is 1. The fourth-order valence-corrected chi connectivity index (χ4v) is 5.07. The Balaban J connectivity index is 1.40. The summed E-state index contributed by atoms with van der Waals surface area (Å²) in [5.74, 6) is 0.0159. The van der Waals surface area contributed by atoms with Crippen LogP contribution in [0.3, 0.4) is 0 Å². The van der Waals surface area contributed by atoms with E-state index in [0.717, 1.165) is 24.0 Å². The number of carbonyl (C=O) groups excluding carboxylic acids is 1. The minimum Gasteiger partial charge on any atom is -0.352 e. The predicted molar refractivity (Wildman–Crippen MR) is 130 cm³/mol. The molecule has 0 radical (unpaired) electrons. The Bertz CT molecular complexity index is 1350. The first kappa shape index (κ1) is 22.2. The lowest BCUT2D eigenvalue weighted by atomic mass is 9.97. The summed E-state index contributed by atoms with van der Waals surface area (Å²) < 4.78 is 15.6. The van der Waals surface area contributed by atoms with Crippen LogP contribution < -0.4 is 15.8 Å². The molecule has 0 spiro atoms. The number of halogens is 1. The van der Waals surface area contributed by atoms with Gasteiger partial charge in [0, 0.05) is 32.0 Å². The van der Waals surface area contributed by atoms with Crippen molar-refractivity contribution in [3.8, 4) is 0 Å². The lowest BCUT2D eigenvalue weighted by molar-refractivity contribution is -0.125. The van der Waals surface area contributed by atoms with Crippen LogP contribution >= 0.6 is 11.3 Å². The van der Waals surface area contributed by atoms with Gasteiger partial charge in [-0.15, -0.1) is 11.3 Å². The number of piperidine rings is 1. The molecule has 4 heterocycles. The van der Waals surface area contributed by atoms with Gasteiger partial charge in [-0.05, 0) is 59.7 Å². The average Bonchev–Trinajstić information content (AvgIpc) is 3.35. The number of fused-ring (bicyclic) bond motifs is 1. The Kier molecular flexibility index (Phi) is 6.35. The molecule has 174 valence electrons. The number of anilines is 1. The zero-order valence-electron chi connectivity index (χ0n) is 18.5. The van der Waals surface area contributed by atoms with Crippen molar-refractivity contribution < 1.29 is 9.18 Å². The second-order valence-electron chi connectivity index (χ2n) is 8.42. The molecule has 4 aromatic rings. The van der Waals surface area contributed by atoms with Crippen LogP contribution in [-0.2, 0) is 17.9 Å². The predicted octanol–water partition coefficient (Wildman–Crippen LogP) is 3.57. The standard InChI is InChI=1S/C25H24FN5O2S/c26-20-5-3-18(4-6-20)15-31-24(33)22-21(9-13-34-22)29-25(31)30-12-1-2-19(16-30)23(32)28-14-17-7-10-27-11-8-17/h3-11,13,19H,1-2,12,14-16H2,(H,28,32)/t19-/m1/s1. The van der Waals surface area contributed by atoms with E-state index >= 15 is 0 Å². The molecule has 0 aliphatic carbocycles. The third kappa shape index (κ3) is 4.70. The molecule has 9 heteroatoms. The quantitative estimate of drug-likeness (QED) is 0.459. The SMILES string of the molecule is O=C(NCc1ccncc1)[C@@H]1CCCN(c2nc3ccsc3c(=O)n2Cc2ccc(F)cc2)C1. The van der Waals surface area contributed by atoms with Gasteiger partial charge < -0.3 is 10.2 Å². The molecule has 5 rings (SSSR count). The number of thiophene rings is 1. The molecule has 1 aromatic carbocycles. The van der Waals surface area contributed by atoms with Gasteiger partial charge in [-0.2, -0.15) is 0 Å². The van der Waals surface area contributed by atoms with Gasteiger partial charge >= 0.3 is 0 Å². The highest BCUT2D eigenvalue weighted by Crippen LogP contribution is 2.25. The Morgan fingerprint density at radius 1 is 1.12 bits per heavy atom. The minimum absolute atomic E-state index is 0.00875. The summed E-state index contributed by atoms with van der Waals surface area (Å²) in [6.07, 6.45) is 5.01. The van der Waals surface area contributed by atoms with Crippen LogP contribution in [0.4, 0.5) is 10.3 Å². The maximum atomic E-state index is 13.4. The molecule has 1 aliphatic rings. The van der Waals surface area contributed by atoms with Crippen molar-refractivity contribution in [1.82, 2.24) is 19.9 Å². The number of pyridine rings is 1. The molecule has 34 heavy (non-hydrogen) atoms. The molecule has 7 nitrogen and oxygen atoms in total. The molecule has 0 unspecified atom stereocenters. The third-order valence-electron chi connectivity index (χ3n) is 6.09. The summed E-state index contributed by atoms with van der Waals surface area (Å²) in [4.78, 5) is 37.1. The Morgan fingerprint density at radius 3 is 2.71 bits per heavy atom. The summed E-state index contributed by atoms with van der Waals surface area (Å²) in [6.45, 7) is 1.92. The molecule has 3 aromatic heterocycles. The zero-order valence-corrected chi connectivity index (χ0v) is 19.3. The normalized spacial score (nSPS) is 16.0. The van der Waals surface area contributed by atoms with Crippen LogP contribution in [-0.4, -0.2) is 33.5 Å². The van der Waals surface area contributed by atoms with E-state index in [4.69, 9.17) is 4.98 Å². The monoisotopic (exact) mass is 477 g/mol. The number of rotatable bonds is 6. The fourth-order valence-electron chi connectivity index (χ4n) is 4.30. The summed E-state index contributed by atoms with van der Waals surface area (Å²) in [5, 5.41) is 4.88. The number of benzene rings is 1. The Labute approximate surface area is 199 Å². The van der Waals surface area contributed by atoms with Crippen molar-refractivity contribution in [2.45, 2.75) is 25.9 Å². The third-order valence-corrected chi connectivity index (χ3v) is 6.98. The molecule has 1 atom stereocenters. The minimum atomic E-state index is -0.320. The van der Waals surface area contributed by atoms with Crippen molar-refractivity contribution in [3.63, 3.8) is 0 Å². The topological polar surface area (TPSA) is 80.1 Å². The van der Waals surface area contributed by atoms with Crippen LogP contribution in [0, 0.1) is 11.7 Å². The largest absolute Gasteiger partial charge is 0.352 e. The number of nitrogens with zero attached hydrogens (tertiary/aromatic N) is 4. The van der Waals surface area contributed by atoms with E-state index in [0.29, 0.717) is 35.8 Å². The van der Waals surface area contributed by atoms with Gasteiger partial charge in [0.05, 0.1) is 18.0 Å². The first-order valence-electron chi connectivity index (χ1n) is 11.2. The number of amides is 1. The highest BCUT2D eigenvalue weighted by atomic mass is 32.1. The molecule has 1 aliphatic heterocycles. The van der Waals surface area contributed by atoms with E-state index in [-0.39, 0.29) is 29.7 Å². The van der Waals surface area contributed by atoms with Crippen molar-refractivity contribution in [1.29, 1.82) is 0 Å². The van der Waals surface area contributed by atoms with Crippen LogP contribution in [0.25, 0.3) is 10.2 Å². The molecular weight excluding hydrogens is 453 g/mol. The maximum Gasteiger partial charge on any atom is 0.273 e. The van der Waals surface area contributed by atoms with E-state index in [2.05, 4.69) is 10.3 Å². The van der Waals surface area contributed by atoms with E-state index < -0.39 is 0 Å². The highest BCUT2D eigenvalue weighted by molar-refractivity contribution is 7.17. The van der Waals surface area contributed by atoms with Gasteiger partial charge in [0.1, 0.15) is 10.5 Å². The van der Waals surface area contributed by atoms with Crippen LogP contribution in [0.2, 0.25) is 0 Å². The van der Waals surface area contributed by atoms with Gasteiger partial charge in [-0.1, -0.05) is 12.1 Å². The van der Waals surface area contributed by atoms with Crippen LogP contribution in [0.5, 0.6) is 0 Å². The molecule has 1 saturated heterocycles. The maximum absolute atomic E-state index is 13.4. The molecule has 1 amide bonds. The Morgan fingerprint density at radius 2 is 1.91 bits per heavy atom. The van der Waals surface area contributed by atoms with Crippen molar-refractivity contribution in [2.24, 2.45) is 5.92 Å². The Hall–Kier alpha value is -3.59. The first-order chi connectivity index (χ1) is 16.6. The number of hydrogen-bond acceptors (Lipinski definition) is 6. The summed E-state index contributed by atoms with van der Waals surface area (Å²) >= 11 is 1.36. The molecule has 1 fully saturated rings. The summed E-state index contributed by atoms with van der Waals surface area (Å²) in [7, 11) is 0.